The highest BCUT2D eigenvalue weighted by Gasteiger charge is 2.26. The second-order valence-electron chi connectivity index (χ2n) is 6.49. The molecule has 1 amide bonds. The van der Waals surface area contributed by atoms with Crippen molar-refractivity contribution in [1.82, 2.24) is 9.21 Å². The minimum Gasteiger partial charge on any atom is -0.339 e. The Balaban J connectivity index is 2.30. The van der Waals surface area contributed by atoms with Crippen molar-refractivity contribution >= 4 is 27.5 Å². The van der Waals surface area contributed by atoms with Crippen LogP contribution in [0.5, 0.6) is 0 Å². The minimum atomic E-state index is -3.69. The van der Waals surface area contributed by atoms with E-state index in [0.29, 0.717) is 5.56 Å². The lowest BCUT2D eigenvalue weighted by molar-refractivity contribution is 0.0717. The predicted octanol–water partition coefficient (Wildman–Crippen LogP) is 3.39. The molecule has 0 atom stereocenters. The predicted molar refractivity (Wildman–Crippen MR) is 95.9 cm³/mol. The van der Waals surface area contributed by atoms with E-state index < -0.39 is 10.0 Å². The van der Waals surface area contributed by atoms with Crippen molar-refractivity contribution in [3.63, 3.8) is 0 Å². The number of sulfonamides is 1. The molecule has 134 valence electrons. The van der Waals surface area contributed by atoms with E-state index in [1.54, 1.807) is 18.0 Å². The third-order valence-electron chi connectivity index (χ3n) is 4.63. The summed E-state index contributed by atoms with van der Waals surface area (Å²) in [7, 11) is 0.994. The van der Waals surface area contributed by atoms with Crippen molar-refractivity contribution in [3.05, 3.63) is 28.8 Å². The van der Waals surface area contributed by atoms with Gasteiger partial charge >= 0.3 is 0 Å². The van der Waals surface area contributed by atoms with Crippen LogP contribution in [0.1, 0.15) is 48.9 Å². The summed E-state index contributed by atoms with van der Waals surface area (Å²) in [4.78, 5) is 14.5. The SMILES string of the molecule is CN(C(=O)c1ccc(Cl)c(S(=O)(=O)N(C)C)c1)C1CCCCCC1. The number of rotatable bonds is 4. The quantitative estimate of drug-likeness (QED) is 0.761. The maximum Gasteiger partial charge on any atom is 0.253 e. The second-order valence-corrected chi connectivity index (χ2v) is 9.02. The summed E-state index contributed by atoms with van der Waals surface area (Å²) < 4.78 is 25.8. The molecular weight excluding hydrogens is 348 g/mol. The molecule has 0 bridgehead atoms. The highest BCUT2D eigenvalue weighted by Crippen LogP contribution is 2.27. The van der Waals surface area contributed by atoms with Gasteiger partial charge in [0.25, 0.3) is 5.91 Å². The molecule has 5 nitrogen and oxygen atoms in total. The average Bonchev–Trinajstić information content (AvgIpc) is 2.82. The van der Waals surface area contributed by atoms with E-state index >= 15 is 0 Å². The Hall–Kier alpha value is -1.11. The van der Waals surface area contributed by atoms with Crippen LogP contribution in [0.15, 0.2) is 23.1 Å². The first-order valence-electron chi connectivity index (χ1n) is 8.24. The number of halogens is 1. The largest absolute Gasteiger partial charge is 0.339 e. The molecule has 0 aliphatic heterocycles. The first kappa shape index (κ1) is 19.2. The second kappa shape index (κ2) is 7.85. The number of benzene rings is 1. The summed E-state index contributed by atoms with van der Waals surface area (Å²) in [5.74, 6) is -0.159. The molecule has 1 fully saturated rings. The average molecular weight is 373 g/mol. The molecule has 7 heteroatoms. The molecule has 0 unspecified atom stereocenters. The van der Waals surface area contributed by atoms with E-state index in [1.807, 2.05) is 0 Å². The fourth-order valence-corrected chi connectivity index (χ4v) is 4.44. The van der Waals surface area contributed by atoms with Gasteiger partial charge in [-0.15, -0.1) is 0 Å². The van der Waals surface area contributed by atoms with E-state index in [2.05, 4.69) is 0 Å². The van der Waals surface area contributed by atoms with Crippen LogP contribution in [-0.4, -0.2) is 50.7 Å². The van der Waals surface area contributed by atoms with Crippen LogP contribution in [0, 0.1) is 0 Å². The summed E-state index contributed by atoms with van der Waals surface area (Å²) in [5.41, 5.74) is 0.353. The molecule has 1 aliphatic rings. The monoisotopic (exact) mass is 372 g/mol. The van der Waals surface area contributed by atoms with Crippen LogP contribution < -0.4 is 0 Å². The molecule has 0 radical (unpaired) electrons. The van der Waals surface area contributed by atoms with Crippen LogP contribution in [-0.2, 0) is 10.0 Å². The highest BCUT2D eigenvalue weighted by atomic mass is 35.5. The lowest BCUT2D eigenvalue weighted by atomic mass is 10.1. The van der Waals surface area contributed by atoms with Gasteiger partial charge in [0.05, 0.1) is 5.02 Å². The molecular formula is C17H25ClN2O3S. The molecule has 2 rings (SSSR count). The molecule has 0 aromatic heterocycles. The number of amides is 1. The smallest absolute Gasteiger partial charge is 0.253 e. The molecule has 0 heterocycles. The van der Waals surface area contributed by atoms with Gasteiger partial charge in [-0.1, -0.05) is 37.3 Å². The molecule has 1 aromatic rings. The highest BCUT2D eigenvalue weighted by molar-refractivity contribution is 7.89. The number of nitrogens with zero attached hydrogens (tertiary/aromatic N) is 2. The van der Waals surface area contributed by atoms with Gasteiger partial charge in [0, 0.05) is 32.7 Å². The summed E-state index contributed by atoms with van der Waals surface area (Å²) in [6, 6.07) is 4.66. The zero-order valence-electron chi connectivity index (χ0n) is 14.5. The van der Waals surface area contributed by atoms with Crippen molar-refractivity contribution in [1.29, 1.82) is 0 Å². The Kier molecular flexibility index (Phi) is 6.28. The topological polar surface area (TPSA) is 57.7 Å². The lowest BCUT2D eigenvalue weighted by Crippen LogP contribution is -2.36. The van der Waals surface area contributed by atoms with Gasteiger partial charge in [0.2, 0.25) is 10.0 Å². The van der Waals surface area contributed by atoms with Gasteiger partial charge in [0.15, 0.2) is 0 Å². The maximum absolute atomic E-state index is 12.8. The third-order valence-corrected chi connectivity index (χ3v) is 6.93. The number of hydrogen-bond donors (Lipinski definition) is 0. The van der Waals surface area contributed by atoms with Crippen molar-refractivity contribution < 1.29 is 13.2 Å². The fraction of sp³-hybridized carbons (Fsp3) is 0.588. The summed E-state index contributed by atoms with van der Waals surface area (Å²) in [6.07, 6.45) is 6.68. The van der Waals surface area contributed by atoms with Crippen LogP contribution >= 0.6 is 11.6 Å². The molecule has 0 N–H and O–H groups in total. The normalized spacial score (nSPS) is 16.9. The summed E-state index contributed by atoms with van der Waals surface area (Å²) >= 11 is 6.05. The van der Waals surface area contributed by atoms with Gasteiger partial charge in [-0.2, -0.15) is 0 Å². The Morgan fingerprint density at radius 3 is 2.21 bits per heavy atom. The number of hydrogen-bond acceptors (Lipinski definition) is 3. The molecule has 1 aliphatic carbocycles. The van der Waals surface area contributed by atoms with Gasteiger partial charge in [0.1, 0.15) is 4.90 Å². The van der Waals surface area contributed by atoms with Crippen LogP contribution in [0.25, 0.3) is 0 Å². The summed E-state index contributed by atoms with van der Waals surface area (Å²) in [6.45, 7) is 0. The van der Waals surface area contributed by atoms with Crippen molar-refractivity contribution in [2.24, 2.45) is 0 Å². The number of carbonyl (C=O) groups excluding carboxylic acids is 1. The van der Waals surface area contributed by atoms with Crippen molar-refractivity contribution in [2.75, 3.05) is 21.1 Å². The van der Waals surface area contributed by atoms with Gasteiger partial charge in [-0.3, -0.25) is 4.79 Å². The van der Waals surface area contributed by atoms with E-state index in [9.17, 15) is 13.2 Å². The summed E-state index contributed by atoms with van der Waals surface area (Å²) in [5, 5.41) is 0.123. The van der Waals surface area contributed by atoms with E-state index in [4.69, 9.17) is 11.6 Å². The van der Waals surface area contributed by atoms with E-state index in [1.165, 1.54) is 39.1 Å². The molecule has 0 spiro atoms. The lowest BCUT2D eigenvalue weighted by Gasteiger charge is -2.27. The van der Waals surface area contributed by atoms with E-state index in [-0.39, 0.29) is 21.9 Å². The zero-order valence-corrected chi connectivity index (χ0v) is 16.0. The molecule has 1 saturated carbocycles. The standard InChI is InChI=1S/C17H25ClN2O3S/c1-19(2)24(22,23)16-12-13(10-11-15(16)18)17(21)20(3)14-8-6-4-5-7-9-14/h10-12,14H,4-9H2,1-3H3. The Labute approximate surface area is 149 Å². The fourth-order valence-electron chi connectivity index (χ4n) is 3.05. The molecule has 0 saturated heterocycles. The maximum atomic E-state index is 12.8. The van der Waals surface area contributed by atoms with Crippen LogP contribution in [0.4, 0.5) is 0 Å². The minimum absolute atomic E-state index is 0.0331. The van der Waals surface area contributed by atoms with Gasteiger partial charge in [-0.05, 0) is 31.0 Å². The third kappa shape index (κ3) is 4.10. The van der Waals surface area contributed by atoms with Crippen LogP contribution in [0.3, 0.4) is 0 Å². The number of carbonyl (C=O) groups is 1. The van der Waals surface area contributed by atoms with Gasteiger partial charge < -0.3 is 4.90 Å². The Morgan fingerprint density at radius 1 is 1.08 bits per heavy atom. The first-order valence-corrected chi connectivity index (χ1v) is 10.1. The van der Waals surface area contributed by atoms with Crippen molar-refractivity contribution in [2.45, 2.75) is 49.5 Å². The first-order chi connectivity index (χ1) is 11.2. The Bertz CT molecular complexity index is 696. The van der Waals surface area contributed by atoms with Crippen LogP contribution in [0.2, 0.25) is 5.02 Å². The zero-order chi connectivity index (χ0) is 17.9. The van der Waals surface area contributed by atoms with Gasteiger partial charge in [-0.25, -0.2) is 12.7 Å². The van der Waals surface area contributed by atoms with E-state index in [0.717, 1.165) is 30.0 Å². The molecule has 1 aromatic carbocycles. The van der Waals surface area contributed by atoms with Crippen molar-refractivity contribution in [3.8, 4) is 0 Å². The molecule has 24 heavy (non-hydrogen) atoms. The Morgan fingerprint density at radius 2 is 1.67 bits per heavy atom.